The van der Waals surface area contributed by atoms with Gasteiger partial charge in [0, 0.05) is 17.0 Å². The topological polar surface area (TPSA) is 17.8 Å². The van der Waals surface area contributed by atoms with Crippen molar-refractivity contribution < 1.29 is 0 Å². The summed E-state index contributed by atoms with van der Waals surface area (Å²) in [5.41, 5.74) is 7.37. The van der Waals surface area contributed by atoms with Crippen LogP contribution in [-0.4, -0.2) is 9.55 Å². The fourth-order valence-electron chi connectivity index (χ4n) is 3.72. The normalized spacial score (nSPS) is 11.2. The number of hydrogen-bond donors (Lipinski definition) is 0. The molecule has 0 fully saturated rings. The zero-order chi connectivity index (χ0) is 18.9. The number of para-hydroxylation sites is 2. The molecule has 0 N–H and O–H groups in total. The average Bonchev–Trinajstić information content (AvgIpc) is 3.35. The molecule has 2 heterocycles. The van der Waals surface area contributed by atoms with E-state index in [1.807, 2.05) is 6.07 Å². The Morgan fingerprint density at radius 1 is 0.786 bits per heavy atom. The van der Waals surface area contributed by atoms with Gasteiger partial charge in [0.15, 0.2) is 0 Å². The van der Waals surface area contributed by atoms with E-state index in [0.29, 0.717) is 0 Å². The molecular weight excluding hydrogens is 360 g/mol. The highest BCUT2D eigenvalue weighted by molar-refractivity contribution is 7.14. The second kappa shape index (κ2) is 7.10. The summed E-state index contributed by atoms with van der Waals surface area (Å²) in [5.74, 6) is 1.05. The van der Waals surface area contributed by atoms with E-state index in [4.69, 9.17) is 0 Å². The molecule has 136 valence electrons. The van der Waals surface area contributed by atoms with Crippen LogP contribution in [0.2, 0.25) is 0 Å². The van der Waals surface area contributed by atoms with E-state index in [2.05, 4.69) is 101 Å². The fourth-order valence-corrected chi connectivity index (χ4v) is 4.64. The van der Waals surface area contributed by atoms with Gasteiger partial charge in [0.2, 0.25) is 0 Å². The summed E-state index contributed by atoms with van der Waals surface area (Å²) in [6.07, 6.45) is 0. The third-order valence-electron chi connectivity index (χ3n) is 5.15. The summed E-state index contributed by atoms with van der Waals surface area (Å²) in [5, 5.41) is 2.17. The number of hydrogen-bond acceptors (Lipinski definition) is 2. The van der Waals surface area contributed by atoms with E-state index in [-0.39, 0.29) is 0 Å². The summed E-state index contributed by atoms with van der Waals surface area (Å²) in [7, 11) is 0. The van der Waals surface area contributed by atoms with Gasteiger partial charge in [-0.05, 0) is 47.2 Å². The molecule has 0 radical (unpaired) electrons. The first kappa shape index (κ1) is 17.0. The van der Waals surface area contributed by atoms with E-state index >= 15 is 0 Å². The number of aromatic nitrogens is 2. The Balaban J connectivity index is 1.46. The number of imidazole rings is 1. The molecule has 2 nitrogen and oxygen atoms in total. The summed E-state index contributed by atoms with van der Waals surface area (Å²) in [6.45, 7) is 2.91. The quantitative estimate of drug-likeness (QED) is 0.336. The van der Waals surface area contributed by atoms with Gasteiger partial charge in [-0.3, -0.25) is 0 Å². The average molecular weight is 381 g/mol. The molecule has 0 unspecified atom stereocenters. The largest absolute Gasteiger partial charge is 0.324 e. The molecule has 0 saturated carbocycles. The fraction of sp³-hybridized carbons (Fsp3) is 0.0800. The summed E-state index contributed by atoms with van der Waals surface area (Å²) in [4.78, 5) is 6.00. The molecule has 0 amide bonds. The Morgan fingerprint density at radius 3 is 2.36 bits per heavy atom. The Bertz CT molecular complexity index is 1230. The zero-order valence-corrected chi connectivity index (χ0v) is 16.5. The van der Waals surface area contributed by atoms with Crippen LogP contribution in [0.25, 0.3) is 32.6 Å². The zero-order valence-electron chi connectivity index (χ0n) is 15.7. The van der Waals surface area contributed by atoms with Gasteiger partial charge in [0.25, 0.3) is 0 Å². The van der Waals surface area contributed by atoms with Gasteiger partial charge in [0.1, 0.15) is 5.82 Å². The van der Waals surface area contributed by atoms with Crippen molar-refractivity contribution in [1.29, 1.82) is 0 Å². The maximum absolute atomic E-state index is 4.68. The van der Waals surface area contributed by atoms with E-state index in [0.717, 1.165) is 17.9 Å². The maximum atomic E-state index is 4.68. The molecule has 3 aromatic carbocycles. The number of thiophene rings is 1. The number of aryl methyl sites for hydroxylation is 1. The number of rotatable bonds is 4. The van der Waals surface area contributed by atoms with Crippen LogP contribution < -0.4 is 0 Å². The van der Waals surface area contributed by atoms with Crippen LogP contribution >= 0.6 is 11.3 Å². The number of fused-ring (bicyclic) bond motifs is 1. The minimum absolute atomic E-state index is 0.836. The lowest BCUT2D eigenvalue weighted by atomic mass is 10.0. The minimum Gasteiger partial charge on any atom is -0.324 e. The SMILES string of the molecule is Cc1nc2ccccc2n1Cc1ccc(-c2sccc2-c2ccccc2)cc1. The molecule has 0 saturated heterocycles. The van der Waals surface area contributed by atoms with Gasteiger partial charge in [-0.1, -0.05) is 66.7 Å². The highest BCUT2D eigenvalue weighted by Gasteiger charge is 2.10. The highest BCUT2D eigenvalue weighted by atomic mass is 32.1. The Labute approximate surface area is 168 Å². The molecule has 0 spiro atoms. The molecule has 28 heavy (non-hydrogen) atoms. The van der Waals surface area contributed by atoms with Gasteiger partial charge < -0.3 is 4.57 Å². The van der Waals surface area contributed by atoms with Gasteiger partial charge in [-0.2, -0.15) is 0 Å². The van der Waals surface area contributed by atoms with Crippen LogP contribution in [0.3, 0.4) is 0 Å². The maximum Gasteiger partial charge on any atom is 0.107 e. The van der Waals surface area contributed by atoms with Crippen molar-refractivity contribution in [2.45, 2.75) is 13.5 Å². The van der Waals surface area contributed by atoms with E-state index in [9.17, 15) is 0 Å². The van der Waals surface area contributed by atoms with E-state index < -0.39 is 0 Å². The van der Waals surface area contributed by atoms with Crippen molar-refractivity contribution >= 4 is 22.4 Å². The third-order valence-corrected chi connectivity index (χ3v) is 6.12. The van der Waals surface area contributed by atoms with Crippen molar-refractivity contribution in [1.82, 2.24) is 9.55 Å². The van der Waals surface area contributed by atoms with Gasteiger partial charge in [-0.25, -0.2) is 4.98 Å². The summed E-state index contributed by atoms with van der Waals surface area (Å²) < 4.78 is 2.28. The Hall–Kier alpha value is -3.17. The van der Waals surface area contributed by atoms with Crippen LogP contribution in [0.5, 0.6) is 0 Å². The van der Waals surface area contributed by atoms with E-state index in [1.165, 1.54) is 32.6 Å². The van der Waals surface area contributed by atoms with Crippen LogP contribution in [0.4, 0.5) is 0 Å². The van der Waals surface area contributed by atoms with Gasteiger partial charge >= 0.3 is 0 Å². The molecule has 0 aliphatic carbocycles. The third kappa shape index (κ3) is 3.04. The van der Waals surface area contributed by atoms with Crippen molar-refractivity contribution in [3.8, 4) is 21.6 Å². The molecule has 5 aromatic rings. The molecule has 3 heteroatoms. The van der Waals surface area contributed by atoms with Crippen molar-refractivity contribution in [2.75, 3.05) is 0 Å². The van der Waals surface area contributed by atoms with Crippen LogP contribution in [0, 0.1) is 6.92 Å². The number of benzene rings is 3. The second-order valence-corrected chi connectivity index (χ2v) is 7.88. The summed E-state index contributed by atoms with van der Waals surface area (Å²) >= 11 is 1.80. The predicted molar refractivity (Wildman–Crippen MR) is 119 cm³/mol. The van der Waals surface area contributed by atoms with Crippen LogP contribution in [-0.2, 0) is 6.54 Å². The molecule has 0 bridgehead atoms. The first-order valence-electron chi connectivity index (χ1n) is 9.44. The standard InChI is InChI=1S/C25H20N2S/c1-18-26-23-9-5-6-10-24(23)27(18)17-19-11-13-21(14-12-19)25-22(15-16-28-25)20-7-3-2-4-8-20/h2-16H,17H2,1H3. The van der Waals surface area contributed by atoms with Gasteiger partial charge in [-0.15, -0.1) is 11.3 Å². The predicted octanol–water partition coefficient (Wildman–Crippen LogP) is 6.79. The molecule has 0 aliphatic heterocycles. The first-order valence-corrected chi connectivity index (χ1v) is 10.3. The lowest BCUT2D eigenvalue weighted by molar-refractivity contribution is 0.786. The smallest absolute Gasteiger partial charge is 0.107 e. The highest BCUT2D eigenvalue weighted by Crippen LogP contribution is 2.36. The van der Waals surface area contributed by atoms with Crippen molar-refractivity contribution in [3.05, 3.63) is 102 Å². The lowest BCUT2D eigenvalue weighted by Gasteiger charge is -2.09. The van der Waals surface area contributed by atoms with Crippen LogP contribution in [0.15, 0.2) is 90.3 Å². The van der Waals surface area contributed by atoms with Crippen molar-refractivity contribution in [3.63, 3.8) is 0 Å². The minimum atomic E-state index is 0.836. The van der Waals surface area contributed by atoms with Gasteiger partial charge in [0.05, 0.1) is 11.0 Å². The molecule has 0 atom stereocenters. The monoisotopic (exact) mass is 380 g/mol. The van der Waals surface area contributed by atoms with Crippen LogP contribution in [0.1, 0.15) is 11.4 Å². The number of nitrogens with zero attached hydrogens (tertiary/aromatic N) is 2. The second-order valence-electron chi connectivity index (χ2n) is 6.96. The Morgan fingerprint density at radius 2 is 1.54 bits per heavy atom. The summed E-state index contributed by atoms with van der Waals surface area (Å²) in [6, 6.07) is 30.1. The molecule has 2 aromatic heterocycles. The van der Waals surface area contributed by atoms with Crippen molar-refractivity contribution in [2.24, 2.45) is 0 Å². The lowest BCUT2D eigenvalue weighted by Crippen LogP contribution is -2.01. The molecular formula is C25H20N2S. The molecule has 0 aliphatic rings. The first-order chi connectivity index (χ1) is 13.8. The Kier molecular flexibility index (Phi) is 4.30. The van der Waals surface area contributed by atoms with E-state index in [1.54, 1.807) is 11.3 Å². The molecule has 5 rings (SSSR count).